The molecule has 0 aliphatic rings. The molecule has 0 heterocycles. The molecule has 0 aliphatic heterocycles. The van der Waals surface area contributed by atoms with Crippen molar-refractivity contribution in [3.05, 3.63) is 67.6 Å². The summed E-state index contributed by atoms with van der Waals surface area (Å²) in [6, 6.07) is 11.2. The van der Waals surface area contributed by atoms with Crippen LogP contribution in [0.1, 0.15) is 11.1 Å². The van der Waals surface area contributed by atoms with Gasteiger partial charge in [0, 0.05) is 16.1 Å². The molecule has 0 radical (unpaired) electrons. The fourth-order valence-electron chi connectivity index (χ4n) is 1.75. The van der Waals surface area contributed by atoms with Crippen LogP contribution in [0.2, 0.25) is 5.02 Å². The van der Waals surface area contributed by atoms with Crippen LogP contribution in [0.25, 0.3) is 6.08 Å². The van der Waals surface area contributed by atoms with Crippen molar-refractivity contribution < 1.29 is 14.6 Å². The second-order valence-electron chi connectivity index (χ2n) is 4.37. The molecule has 2 rings (SSSR count). The average molecular weight is 447 g/mol. The summed E-state index contributed by atoms with van der Waals surface area (Å²) >= 11 is 13.1. The number of halogens is 3. The standard InChI is InChI=1S/C16H11Br2ClO3/c17-12-4-2-1-3-11(12)9-22-16-13(18)7-10(8-14(16)19)5-6-15(20)21/h1-8H,9H2,(H,20,21)/b6-5+. The molecule has 0 amide bonds. The number of ether oxygens (including phenoxy) is 1. The van der Waals surface area contributed by atoms with Gasteiger partial charge in [-0.15, -0.1) is 0 Å². The summed E-state index contributed by atoms with van der Waals surface area (Å²) in [5, 5.41) is 9.05. The Morgan fingerprint density at radius 3 is 2.59 bits per heavy atom. The Morgan fingerprint density at radius 1 is 1.23 bits per heavy atom. The molecule has 3 nitrogen and oxygen atoms in total. The first-order valence-electron chi connectivity index (χ1n) is 6.23. The van der Waals surface area contributed by atoms with Gasteiger partial charge in [0.1, 0.15) is 6.61 Å². The Bertz CT molecular complexity index is 706. The summed E-state index contributed by atoms with van der Waals surface area (Å²) in [6.45, 7) is 0.365. The third-order valence-corrected chi connectivity index (χ3v) is 4.41. The Morgan fingerprint density at radius 2 is 1.95 bits per heavy atom. The summed E-state index contributed by atoms with van der Waals surface area (Å²) in [7, 11) is 0. The Hall–Kier alpha value is -1.30. The number of aliphatic carboxylic acids is 1. The lowest BCUT2D eigenvalue weighted by Crippen LogP contribution is -1.98. The topological polar surface area (TPSA) is 46.5 Å². The van der Waals surface area contributed by atoms with Crippen LogP contribution in [-0.4, -0.2) is 11.1 Å². The smallest absolute Gasteiger partial charge is 0.328 e. The monoisotopic (exact) mass is 444 g/mol. The predicted molar refractivity (Wildman–Crippen MR) is 94.3 cm³/mol. The summed E-state index contributed by atoms with van der Waals surface area (Å²) in [5.41, 5.74) is 1.67. The zero-order valence-corrected chi connectivity index (χ0v) is 15.2. The van der Waals surface area contributed by atoms with E-state index in [2.05, 4.69) is 31.9 Å². The Labute approximate surface area is 149 Å². The molecule has 2 aromatic carbocycles. The van der Waals surface area contributed by atoms with E-state index in [0.29, 0.717) is 27.4 Å². The Kier molecular flexibility index (Phi) is 6.06. The molecule has 0 aromatic heterocycles. The fraction of sp³-hybridized carbons (Fsp3) is 0.0625. The average Bonchev–Trinajstić information content (AvgIpc) is 2.46. The first-order valence-corrected chi connectivity index (χ1v) is 8.20. The minimum atomic E-state index is -1.01. The van der Waals surface area contributed by atoms with Gasteiger partial charge in [0.05, 0.1) is 9.50 Å². The molecule has 0 aliphatic carbocycles. The van der Waals surface area contributed by atoms with Crippen molar-refractivity contribution in [1.29, 1.82) is 0 Å². The van der Waals surface area contributed by atoms with Gasteiger partial charge in [-0.3, -0.25) is 0 Å². The quantitative estimate of drug-likeness (QED) is 0.614. The van der Waals surface area contributed by atoms with E-state index >= 15 is 0 Å². The largest absolute Gasteiger partial charge is 0.486 e. The molecule has 0 unspecified atom stereocenters. The molecule has 0 saturated carbocycles. The van der Waals surface area contributed by atoms with Crippen LogP contribution in [0.3, 0.4) is 0 Å². The van der Waals surface area contributed by atoms with Gasteiger partial charge in [0.25, 0.3) is 0 Å². The molecule has 114 valence electrons. The van der Waals surface area contributed by atoms with Crippen molar-refractivity contribution in [2.24, 2.45) is 0 Å². The lowest BCUT2D eigenvalue weighted by molar-refractivity contribution is -0.131. The summed E-state index contributed by atoms with van der Waals surface area (Å²) in [6.07, 6.45) is 2.52. The molecule has 0 fully saturated rings. The van der Waals surface area contributed by atoms with Crippen molar-refractivity contribution in [1.82, 2.24) is 0 Å². The first kappa shape index (κ1) is 17.1. The maximum atomic E-state index is 10.5. The van der Waals surface area contributed by atoms with Gasteiger partial charge in [0.2, 0.25) is 0 Å². The van der Waals surface area contributed by atoms with E-state index in [4.69, 9.17) is 21.4 Å². The second-order valence-corrected chi connectivity index (χ2v) is 6.48. The molecule has 2 aromatic rings. The molecule has 0 atom stereocenters. The van der Waals surface area contributed by atoms with Crippen LogP contribution in [0.5, 0.6) is 5.75 Å². The van der Waals surface area contributed by atoms with E-state index in [1.807, 2.05) is 24.3 Å². The zero-order chi connectivity index (χ0) is 16.1. The highest BCUT2D eigenvalue weighted by Gasteiger charge is 2.10. The van der Waals surface area contributed by atoms with Gasteiger partial charge in [-0.25, -0.2) is 4.79 Å². The Balaban J connectivity index is 2.18. The zero-order valence-electron chi connectivity index (χ0n) is 11.2. The van der Waals surface area contributed by atoms with E-state index in [9.17, 15) is 4.79 Å². The van der Waals surface area contributed by atoms with Gasteiger partial charge in [-0.2, -0.15) is 0 Å². The van der Waals surface area contributed by atoms with Gasteiger partial charge >= 0.3 is 5.97 Å². The molecule has 0 saturated heterocycles. The first-order chi connectivity index (χ1) is 10.5. The van der Waals surface area contributed by atoms with Crippen LogP contribution in [0.4, 0.5) is 0 Å². The fourth-order valence-corrected chi connectivity index (χ4v) is 3.13. The van der Waals surface area contributed by atoms with Gasteiger partial charge in [0.15, 0.2) is 5.75 Å². The lowest BCUT2D eigenvalue weighted by atomic mass is 10.2. The number of carboxylic acid groups (broad SMARTS) is 1. The maximum absolute atomic E-state index is 10.5. The van der Waals surface area contributed by atoms with Crippen LogP contribution < -0.4 is 4.74 Å². The molecule has 0 spiro atoms. The predicted octanol–water partition coefficient (Wildman–Crippen LogP) is 5.54. The normalized spacial score (nSPS) is 10.9. The molecule has 6 heteroatoms. The van der Waals surface area contributed by atoms with Crippen molar-refractivity contribution >= 4 is 55.5 Å². The van der Waals surface area contributed by atoms with Crippen molar-refractivity contribution in [2.75, 3.05) is 0 Å². The third kappa shape index (κ3) is 4.60. The highest BCUT2D eigenvalue weighted by molar-refractivity contribution is 9.10. The number of rotatable bonds is 5. The van der Waals surface area contributed by atoms with E-state index in [-0.39, 0.29) is 0 Å². The maximum Gasteiger partial charge on any atom is 0.328 e. The van der Waals surface area contributed by atoms with E-state index in [1.165, 1.54) is 6.08 Å². The van der Waals surface area contributed by atoms with Crippen LogP contribution in [0.15, 0.2) is 51.4 Å². The van der Waals surface area contributed by atoms with Crippen LogP contribution in [0, 0.1) is 0 Å². The molecule has 22 heavy (non-hydrogen) atoms. The van der Waals surface area contributed by atoms with Crippen molar-refractivity contribution in [2.45, 2.75) is 6.61 Å². The molecular weight excluding hydrogens is 435 g/mol. The van der Waals surface area contributed by atoms with Crippen LogP contribution in [-0.2, 0) is 11.4 Å². The molecule has 0 bridgehead atoms. The lowest BCUT2D eigenvalue weighted by Gasteiger charge is -2.12. The highest BCUT2D eigenvalue weighted by Crippen LogP contribution is 2.35. The summed E-state index contributed by atoms with van der Waals surface area (Å²) in [5.74, 6) is -0.494. The summed E-state index contributed by atoms with van der Waals surface area (Å²) in [4.78, 5) is 10.5. The van der Waals surface area contributed by atoms with Gasteiger partial charge in [-0.1, -0.05) is 45.7 Å². The SMILES string of the molecule is O=C(O)/C=C/c1cc(Cl)c(OCc2ccccc2Br)c(Br)c1. The highest BCUT2D eigenvalue weighted by atomic mass is 79.9. The third-order valence-electron chi connectivity index (χ3n) is 2.77. The van der Waals surface area contributed by atoms with E-state index in [0.717, 1.165) is 16.1 Å². The number of carbonyl (C=O) groups is 1. The summed E-state index contributed by atoms with van der Waals surface area (Å²) < 4.78 is 7.39. The second kappa shape index (κ2) is 7.81. The minimum Gasteiger partial charge on any atom is -0.486 e. The minimum absolute atomic E-state index is 0.365. The van der Waals surface area contributed by atoms with Gasteiger partial charge < -0.3 is 9.84 Å². The van der Waals surface area contributed by atoms with Crippen molar-refractivity contribution in [3.8, 4) is 5.75 Å². The van der Waals surface area contributed by atoms with E-state index < -0.39 is 5.97 Å². The van der Waals surface area contributed by atoms with Crippen molar-refractivity contribution in [3.63, 3.8) is 0 Å². The number of benzene rings is 2. The van der Waals surface area contributed by atoms with Crippen LogP contribution >= 0.6 is 43.5 Å². The van der Waals surface area contributed by atoms with Gasteiger partial charge in [-0.05, 0) is 45.8 Å². The van der Waals surface area contributed by atoms with E-state index in [1.54, 1.807) is 12.1 Å². The molecule has 1 N–H and O–H groups in total. The number of hydrogen-bond acceptors (Lipinski definition) is 2. The number of carboxylic acids is 1. The number of hydrogen-bond donors (Lipinski definition) is 1. The molecular formula is C16H11Br2ClO3.